The number of piperidine rings is 1. The third-order valence-corrected chi connectivity index (χ3v) is 6.86. The SMILES string of the molecule is Cc1nc(N2CCO[C@H](CO)C2)cc(-n2ncc3cc(C)c(C4CCN(C(=O)O)CC4F)cc32)n1. The molecular formula is C24H29FN6O4. The van der Waals surface area contributed by atoms with E-state index < -0.39 is 12.3 Å². The van der Waals surface area contributed by atoms with Crippen LogP contribution in [-0.4, -0.2) is 92.6 Å². The van der Waals surface area contributed by atoms with Crippen molar-refractivity contribution in [3.63, 3.8) is 0 Å². The molecule has 2 aliphatic rings. The van der Waals surface area contributed by atoms with Gasteiger partial charge in [0.25, 0.3) is 0 Å². The Morgan fingerprint density at radius 2 is 1.97 bits per heavy atom. The van der Waals surface area contributed by atoms with E-state index >= 15 is 4.39 Å². The van der Waals surface area contributed by atoms with Gasteiger partial charge in [-0.25, -0.2) is 23.8 Å². The number of fused-ring (bicyclic) bond motifs is 1. The number of aliphatic hydroxyl groups excluding tert-OH is 1. The molecule has 11 heteroatoms. The zero-order chi connectivity index (χ0) is 24.7. The summed E-state index contributed by atoms with van der Waals surface area (Å²) < 4.78 is 22.4. The number of carboxylic acid groups (broad SMARTS) is 1. The van der Waals surface area contributed by atoms with Gasteiger partial charge in [0.05, 0.1) is 37.6 Å². The van der Waals surface area contributed by atoms with E-state index in [9.17, 15) is 15.0 Å². The first kappa shape index (κ1) is 23.4. The highest BCUT2D eigenvalue weighted by Crippen LogP contribution is 2.35. The quantitative estimate of drug-likeness (QED) is 0.580. The Morgan fingerprint density at radius 1 is 1.17 bits per heavy atom. The normalized spacial score (nSPS) is 23.1. The molecule has 4 heterocycles. The highest BCUT2D eigenvalue weighted by atomic mass is 19.1. The third kappa shape index (κ3) is 4.53. The Morgan fingerprint density at radius 3 is 2.71 bits per heavy atom. The van der Waals surface area contributed by atoms with Crippen molar-refractivity contribution in [3.05, 3.63) is 41.3 Å². The molecule has 3 atom stereocenters. The minimum absolute atomic E-state index is 0.0553. The number of ether oxygens (including phenoxy) is 1. The summed E-state index contributed by atoms with van der Waals surface area (Å²) >= 11 is 0. The molecule has 2 unspecified atom stereocenters. The van der Waals surface area contributed by atoms with Gasteiger partial charge >= 0.3 is 6.09 Å². The second-order valence-electron chi connectivity index (χ2n) is 9.22. The molecule has 2 aromatic heterocycles. The van der Waals surface area contributed by atoms with Crippen LogP contribution in [-0.2, 0) is 4.74 Å². The van der Waals surface area contributed by atoms with Crippen LogP contribution in [0.25, 0.3) is 16.7 Å². The number of carbonyl (C=O) groups is 1. The Balaban J connectivity index is 1.50. The number of anilines is 1. The van der Waals surface area contributed by atoms with Crippen LogP contribution in [0.2, 0.25) is 0 Å². The second-order valence-corrected chi connectivity index (χ2v) is 9.22. The third-order valence-electron chi connectivity index (χ3n) is 6.86. The van der Waals surface area contributed by atoms with Gasteiger partial charge in [0.15, 0.2) is 5.82 Å². The molecule has 1 amide bonds. The zero-order valence-corrected chi connectivity index (χ0v) is 19.8. The lowest BCUT2D eigenvalue weighted by Crippen LogP contribution is -2.44. The number of aryl methyl sites for hydroxylation is 2. The van der Waals surface area contributed by atoms with Gasteiger partial charge in [-0.2, -0.15) is 5.10 Å². The summed E-state index contributed by atoms with van der Waals surface area (Å²) in [7, 11) is 0. The van der Waals surface area contributed by atoms with Crippen molar-refractivity contribution in [2.24, 2.45) is 0 Å². The maximum atomic E-state index is 15.1. The van der Waals surface area contributed by atoms with E-state index in [0.717, 1.165) is 32.7 Å². The molecule has 3 aromatic rings. The number of morpholine rings is 1. The van der Waals surface area contributed by atoms with E-state index in [2.05, 4.69) is 20.0 Å². The number of nitrogens with zero attached hydrogens (tertiary/aromatic N) is 6. The Labute approximate surface area is 201 Å². The monoisotopic (exact) mass is 484 g/mol. The Bertz CT molecular complexity index is 1250. The molecule has 0 aliphatic carbocycles. The fourth-order valence-corrected chi connectivity index (χ4v) is 5.06. The van der Waals surface area contributed by atoms with Gasteiger partial charge in [-0.05, 0) is 43.5 Å². The van der Waals surface area contributed by atoms with Crippen LogP contribution in [0, 0.1) is 13.8 Å². The number of halogens is 1. The predicted molar refractivity (Wildman–Crippen MR) is 127 cm³/mol. The van der Waals surface area contributed by atoms with Gasteiger partial charge in [-0.15, -0.1) is 0 Å². The largest absolute Gasteiger partial charge is 0.465 e. The van der Waals surface area contributed by atoms with Gasteiger partial charge in [0, 0.05) is 37.0 Å². The van der Waals surface area contributed by atoms with Crippen LogP contribution in [0.1, 0.15) is 29.3 Å². The fraction of sp³-hybridized carbons (Fsp3) is 0.500. The van der Waals surface area contributed by atoms with Crippen LogP contribution in [0.5, 0.6) is 0 Å². The minimum atomic E-state index is -1.28. The molecule has 2 aliphatic heterocycles. The summed E-state index contributed by atoms with van der Waals surface area (Å²) in [6.45, 7) is 5.58. The first-order valence-electron chi connectivity index (χ1n) is 11.8. The Kier molecular flexibility index (Phi) is 6.28. The van der Waals surface area contributed by atoms with Crippen LogP contribution in [0.15, 0.2) is 24.4 Å². The summed E-state index contributed by atoms with van der Waals surface area (Å²) in [5, 5.41) is 24.2. The average Bonchev–Trinajstić information content (AvgIpc) is 3.25. The van der Waals surface area contributed by atoms with Crippen molar-refractivity contribution in [3.8, 4) is 5.82 Å². The molecule has 0 radical (unpaired) electrons. The molecular weight excluding hydrogens is 455 g/mol. The van der Waals surface area contributed by atoms with Gasteiger partial charge in [0.1, 0.15) is 17.8 Å². The van der Waals surface area contributed by atoms with Crippen LogP contribution >= 0.6 is 0 Å². The van der Waals surface area contributed by atoms with E-state index in [1.165, 1.54) is 0 Å². The van der Waals surface area contributed by atoms with Crippen molar-refractivity contribution in [1.82, 2.24) is 24.6 Å². The van der Waals surface area contributed by atoms with Gasteiger partial charge in [0.2, 0.25) is 0 Å². The van der Waals surface area contributed by atoms with E-state index in [-0.39, 0.29) is 25.2 Å². The molecule has 5 rings (SSSR count). The first-order chi connectivity index (χ1) is 16.8. The summed E-state index contributed by atoms with van der Waals surface area (Å²) in [5.41, 5.74) is 2.62. The highest BCUT2D eigenvalue weighted by Gasteiger charge is 2.33. The van der Waals surface area contributed by atoms with Crippen LogP contribution in [0.4, 0.5) is 15.0 Å². The summed E-state index contributed by atoms with van der Waals surface area (Å²) in [6.07, 6.45) is -0.439. The number of likely N-dealkylation sites (tertiary alicyclic amines) is 1. The number of hydrogen-bond donors (Lipinski definition) is 2. The standard InChI is InChI=1S/C24H29FN6O4/c1-14-7-16-10-26-31(21(16)8-19(14)18-3-4-30(24(33)34)12-20(18)25)23-9-22(27-15(2)28-23)29-5-6-35-17(11-29)13-32/h7-10,17-18,20,32H,3-6,11-13H2,1-2H3,(H,33,34)/t17-,18?,20?/m0/s1. The molecule has 2 N–H and O–H groups in total. The van der Waals surface area contributed by atoms with E-state index in [4.69, 9.17) is 4.74 Å². The average molecular weight is 485 g/mol. The number of aliphatic hydroxyl groups is 1. The summed E-state index contributed by atoms with van der Waals surface area (Å²) in [5.74, 6) is 1.53. The molecule has 0 bridgehead atoms. The number of amides is 1. The van der Waals surface area contributed by atoms with Crippen molar-refractivity contribution < 1.29 is 24.1 Å². The fourth-order valence-electron chi connectivity index (χ4n) is 5.06. The first-order valence-corrected chi connectivity index (χ1v) is 11.8. The Hall–Kier alpha value is -3.31. The van der Waals surface area contributed by atoms with Crippen molar-refractivity contribution in [1.29, 1.82) is 0 Å². The van der Waals surface area contributed by atoms with Crippen LogP contribution < -0.4 is 4.90 Å². The molecule has 0 spiro atoms. The smallest absolute Gasteiger partial charge is 0.407 e. The number of benzene rings is 1. The number of alkyl halides is 1. The van der Waals surface area contributed by atoms with E-state index in [1.54, 1.807) is 10.9 Å². The lowest BCUT2D eigenvalue weighted by atomic mass is 9.85. The maximum absolute atomic E-state index is 15.1. The van der Waals surface area contributed by atoms with Gasteiger partial charge in [-0.1, -0.05) is 0 Å². The maximum Gasteiger partial charge on any atom is 0.407 e. The van der Waals surface area contributed by atoms with Crippen molar-refractivity contribution in [2.75, 3.05) is 44.3 Å². The number of rotatable bonds is 4. The molecule has 10 nitrogen and oxygen atoms in total. The molecule has 35 heavy (non-hydrogen) atoms. The van der Waals surface area contributed by atoms with Gasteiger partial charge in [-0.3, -0.25) is 0 Å². The van der Waals surface area contributed by atoms with E-state index in [1.807, 2.05) is 32.0 Å². The number of aromatic nitrogens is 4. The molecule has 2 saturated heterocycles. The van der Waals surface area contributed by atoms with Crippen molar-refractivity contribution >= 4 is 22.8 Å². The second kappa shape index (κ2) is 9.38. The minimum Gasteiger partial charge on any atom is -0.465 e. The molecule has 186 valence electrons. The van der Waals surface area contributed by atoms with Crippen molar-refractivity contribution in [2.45, 2.75) is 38.5 Å². The number of hydrogen-bond acceptors (Lipinski definition) is 7. The van der Waals surface area contributed by atoms with Gasteiger partial charge < -0.3 is 24.7 Å². The topological polar surface area (TPSA) is 117 Å². The molecule has 0 saturated carbocycles. The summed E-state index contributed by atoms with van der Waals surface area (Å²) in [4.78, 5) is 23.7. The summed E-state index contributed by atoms with van der Waals surface area (Å²) in [6, 6.07) is 5.81. The predicted octanol–water partition coefficient (Wildman–Crippen LogP) is 2.44. The highest BCUT2D eigenvalue weighted by molar-refractivity contribution is 5.82. The molecule has 1 aromatic carbocycles. The lowest BCUT2D eigenvalue weighted by Gasteiger charge is -2.34. The van der Waals surface area contributed by atoms with E-state index in [0.29, 0.717) is 44.3 Å². The van der Waals surface area contributed by atoms with Crippen LogP contribution in [0.3, 0.4) is 0 Å². The zero-order valence-electron chi connectivity index (χ0n) is 19.8. The molecule has 2 fully saturated rings. The lowest BCUT2D eigenvalue weighted by molar-refractivity contribution is 0.00335.